The van der Waals surface area contributed by atoms with Gasteiger partial charge < -0.3 is 10.1 Å². The summed E-state index contributed by atoms with van der Waals surface area (Å²) in [7, 11) is 1.34. The summed E-state index contributed by atoms with van der Waals surface area (Å²) < 4.78 is 4.71. The van der Waals surface area contributed by atoms with E-state index in [-0.39, 0.29) is 11.9 Å². The molecule has 0 aromatic heterocycles. The largest absolute Gasteiger partial charge is 0.465 e. The van der Waals surface area contributed by atoms with Crippen molar-refractivity contribution in [1.82, 2.24) is 5.32 Å². The van der Waals surface area contributed by atoms with E-state index in [1.165, 1.54) is 7.11 Å². The normalized spacial score (nSPS) is 18.1. The van der Waals surface area contributed by atoms with Gasteiger partial charge in [-0.05, 0) is 24.6 Å². The zero-order valence-electron chi connectivity index (χ0n) is 10.9. The molecule has 5 nitrogen and oxygen atoms in total. The van der Waals surface area contributed by atoms with Gasteiger partial charge in [0.1, 0.15) is 0 Å². The van der Waals surface area contributed by atoms with Crippen molar-refractivity contribution in [3.8, 4) is 0 Å². The molecule has 1 aliphatic rings. The fourth-order valence-electron chi connectivity index (χ4n) is 1.89. The smallest absolute Gasteiger partial charge is 0.338 e. The van der Waals surface area contributed by atoms with Gasteiger partial charge in [-0.15, -0.1) is 11.8 Å². The topological polar surface area (TPSA) is 67.4 Å². The Morgan fingerprint density at radius 1 is 1.47 bits per heavy atom. The summed E-state index contributed by atoms with van der Waals surface area (Å²) in [5.74, 6) is 1.08. The molecule has 2 N–H and O–H groups in total. The number of nitrogens with one attached hydrogen (secondary N) is 2. The summed E-state index contributed by atoms with van der Waals surface area (Å²) in [6.45, 7) is 1.79. The average Bonchev–Trinajstić information content (AvgIpc) is 2.94. The Hall–Kier alpha value is -1.53. The number of benzene rings is 1. The van der Waals surface area contributed by atoms with Crippen molar-refractivity contribution >= 4 is 29.3 Å². The second-order valence-electron chi connectivity index (χ2n) is 4.23. The van der Waals surface area contributed by atoms with Gasteiger partial charge in [0.2, 0.25) is 5.91 Å². The molecule has 19 heavy (non-hydrogen) atoms. The van der Waals surface area contributed by atoms with E-state index < -0.39 is 5.97 Å². The van der Waals surface area contributed by atoms with Gasteiger partial charge in [0.25, 0.3) is 0 Å². The maximum atomic E-state index is 12.0. The minimum absolute atomic E-state index is 0.0740. The van der Waals surface area contributed by atoms with E-state index in [1.54, 1.807) is 36.9 Å². The molecular formula is C13H16N2O3S. The standard InChI is InChI=1S/C13H16N2O3S/c1-8-9(13(17)18-2)4-3-5-10(8)15-12(16)11-6-19-7-14-11/h3-5,11,14H,6-7H2,1-2H3,(H,15,16). The molecule has 1 amide bonds. The fraction of sp³-hybridized carbons (Fsp3) is 0.385. The van der Waals surface area contributed by atoms with E-state index in [9.17, 15) is 9.59 Å². The zero-order chi connectivity index (χ0) is 13.8. The molecule has 2 rings (SSSR count). The number of anilines is 1. The Bertz CT molecular complexity index is 499. The number of methoxy groups -OCH3 is 1. The van der Waals surface area contributed by atoms with Crippen molar-refractivity contribution in [3.05, 3.63) is 29.3 Å². The third-order valence-electron chi connectivity index (χ3n) is 3.03. The lowest BCUT2D eigenvalue weighted by Crippen LogP contribution is -2.37. The maximum absolute atomic E-state index is 12.0. The third-order valence-corrected chi connectivity index (χ3v) is 3.97. The molecule has 1 saturated heterocycles. The van der Waals surface area contributed by atoms with Crippen LogP contribution in [0.3, 0.4) is 0 Å². The number of hydrogen-bond acceptors (Lipinski definition) is 5. The number of ether oxygens (including phenoxy) is 1. The molecule has 1 atom stereocenters. The lowest BCUT2D eigenvalue weighted by molar-refractivity contribution is -0.117. The Kier molecular flexibility index (Phi) is 4.44. The lowest BCUT2D eigenvalue weighted by Gasteiger charge is -2.14. The molecule has 0 spiro atoms. The highest BCUT2D eigenvalue weighted by Crippen LogP contribution is 2.20. The Morgan fingerprint density at radius 2 is 2.26 bits per heavy atom. The summed E-state index contributed by atoms with van der Waals surface area (Å²) in [5.41, 5.74) is 1.83. The summed E-state index contributed by atoms with van der Waals surface area (Å²) in [6.07, 6.45) is 0. The Balaban J connectivity index is 2.16. The Morgan fingerprint density at radius 3 is 2.89 bits per heavy atom. The van der Waals surface area contributed by atoms with Crippen molar-refractivity contribution in [3.63, 3.8) is 0 Å². The molecule has 1 aromatic rings. The molecule has 1 fully saturated rings. The van der Waals surface area contributed by atoms with Crippen LogP contribution >= 0.6 is 11.8 Å². The first kappa shape index (κ1) is 13.9. The Labute approximate surface area is 116 Å². The van der Waals surface area contributed by atoms with Crippen LogP contribution in [0.2, 0.25) is 0 Å². The molecule has 0 aliphatic carbocycles. The van der Waals surface area contributed by atoms with Crippen LogP contribution in [0.1, 0.15) is 15.9 Å². The molecule has 1 aromatic carbocycles. The van der Waals surface area contributed by atoms with Gasteiger partial charge in [0.05, 0.1) is 18.7 Å². The van der Waals surface area contributed by atoms with Gasteiger partial charge in [-0.2, -0.15) is 0 Å². The first-order chi connectivity index (χ1) is 9.13. The van der Waals surface area contributed by atoms with Crippen molar-refractivity contribution in [2.24, 2.45) is 0 Å². The molecule has 0 saturated carbocycles. The van der Waals surface area contributed by atoms with Gasteiger partial charge in [0.15, 0.2) is 0 Å². The summed E-state index contributed by atoms with van der Waals surface area (Å²) in [5, 5.41) is 5.95. The van der Waals surface area contributed by atoms with Crippen LogP contribution < -0.4 is 10.6 Å². The molecule has 1 unspecified atom stereocenters. The number of thioether (sulfide) groups is 1. The predicted octanol–water partition coefficient (Wildman–Crippen LogP) is 1.38. The molecule has 0 radical (unpaired) electrons. The number of hydrogen-bond donors (Lipinski definition) is 2. The molecule has 1 heterocycles. The molecule has 0 bridgehead atoms. The summed E-state index contributed by atoms with van der Waals surface area (Å²) in [6, 6.07) is 5.01. The zero-order valence-corrected chi connectivity index (χ0v) is 11.7. The van der Waals surface area contributed by atoms with Crippen LogP contribution in [0.25, 0.3) is 0 Å². The van der Waals surface area contributed by atoms with Crippen molar-refractivity contribution in [2.45, 2.75) is 13.0 Å². The van der Waals surface area contributed by atoms with Gasteiger partial charge in [0, 0.05) is 17.3 Å². The van der Waals surface area contributed by atoms with Crippen LogP contribution in [0.5, 0.6) is 0 Å². The number of carbonyl (C=O) groups excluding carboxylic acids is 2. The van der Waals surface area contributed by atoms with Crippen LogP contribution in [0, 0.1) is 6.92 Å². The van der Waals surface area contributed by atoms with Crippen molar-refractivity contribution in [2.75, 3.05) is 24.1 Å². The van der Waals surface area contributed by atoms with Crippen LogP contribution in [-0.4, -0.2) is 36.7 Å². The highest BCUT2D eigenvalue weighted by Gasteiger charge is 2.23. The molecule has 6 heteroatoms. The van der Waals surface area contributed by atoms with E-state index in [2.05, 4.69) is 10.6 Å². The summed E-state index contributed by atoms with van der Waals surface area (Å²) >= 11 is 1.69. The van der Waals surface area contributed by atoms with E-state index in [0.29, 0.717) is 16.8 Å². The fourth-order valence-corrected chi connectivity index (χ4v) is 2.83. The molecule has 102 valence electrons. The highest BCUT2D eigenvalue weighted by molar-refractivity contribution is 7.99. The minimum Gasteiger partial charge on any atom is -0.465 e. The van der Waals surface area contributed by atoms with E-state index in [0.717, 1.165) is 11.6 Å². The quantitative estimate of drug-likeness (QED) is 0.819. The number of amides is 1. The minimum atomic E-state index is -0.400. The lowest BCUT2D eigenvalue weighted by atomic mass is 10.1. The average molecular weight is 280 g/mol. The number of esters is 1. The van der Waals surface area contributed by atoms with Crippen molar-refractivity contribution < 1.29 is 14.3 Å². The van der Waals surface area contributed by atoms with E-state index >= 15 is 0 Å². The SMILES string of the molecule is COC(=O)c1cccc(NC(=O)C2CSCN2)c1C. The van der Waals surface area contributed by atoms with E-state index in [1.807, 2.05) is 0 Å². The molecule has 1 aliphatic heterocycles. The van der Waals surface area contributed by atoms with Gasteiger partial charge >= 0.3 is 5.97 Å². The first-order valence-corrected chi connectivity index (χ1v) is 7.09. The predicted molar refractivity (Wildman–Crippen MR) is 75.4 cm³/mol. The van der Waals surface area contributed by atoms with Crippen LogP contribution in [-0.2, 0) is 9.53 Å². The van der Waals surface area contributed by atoms with Crippen LogP contribution in [0.15, 0.2) is 18.2 Å². The first-order valence-electron chi connectivity index (χ1n) is 5.93. The third kappa shape index (κ3) is 3.08. The van der Waals surface area contributed by atoms with Gasteiger partial charge in [-0.25, -0.2) is 4.79 Å². The van der Waals surface area contributed by atoms with Crippen molar-refractivity contribution in [1.29, 1.82) is 0 Å². The maximum Gasteiger partial charge on any atom is 0.338 e. The highest BCUT2D eigenvalue weighted by atomic mass is 32.2. The summed E-state index contributed by atoms with van der Waals surface area (Å²) in [4.78, 5) is 23.6. The van der Waals surface area contributed by atoms with Gasteiger partial charge in [-0.3, -0.25) is 10.1 Å². The molecular weight excluding hydrogens is 264 g/mol. The monoisotopic (exact) mass is 280 g/mol. The number of rotatable bonds is 3. The van der Waals surface area contributed by atoms with Crippen LogP contribution in [0.4, 0.5) is 5.69 Å². The second-order valence-corrected chi connectivity index (χ2v) is 5.26. The van der Waals surface area contributed by atoms with Gasteiger partial charge in [-0.1, -0.05) is 6.07 Å². The second kappa shape index (κ2) is 6.08. The van der Waals surface area contributed by atoms with E-state index in [4.69, 9.17) is 4.74 Å². The number of carbonyl (C=O) groups is 2.